The molecule has 0 bridgehead atoms. The zero-order chi connectivity index (χ0) is 14.0. The Morgan fingerprint density at radius 2 is 2.00 bits per heavy atom. The van der Waals surface area contributed by atoms with E-state index in [0.717, 1.165) is 17.4 Å². The van der Waals surface area contributed by atoms with Crippen molar-refractivity contribution in [1.82, 2.24) is 0 Å². The third kappa shape index (κ3) is 3.03. The predicted octanol–water partition coefficient (Wildman–Crippen LogP) is 3.16. The van der Waals surface area contributed by atoms with Gasteiger partial charge in [-0.3, -0.25) is 4.79 Å². The molecule has 0 aliphatic heterocycles. The van der Waals surface area contributed by atoms with Crippen LogP contribution >= 0.6 is 11.6 Å². The number of carbonyl (C=O) groups is 1. The van der Waals surface area contributed by atoms with Gasteiger partial charge in [0, 0.05) is 6.07 Å². The topological polar surface area (TPSA) is 59.3 Å². The predicted molar refractivity (Wildman–Crippen MR) is 73.9 cm³/mol. The fraction of sp³-hybridized carbons (Fsp3) is 0.143. The molecule has 1 N–H and O–H groups in total. The molecule has 98 valence electrons. The van der Waals surface area contributed by atoms with Gasteiger partial charge in [-0.05, 0) is 37.1 Å². The summed E-state index contributed by atoms with van der Waals surface area (Å²) in [6.45, 7) is 3.79. The molecule has 5 heteroatoms. The number of hydrogen-bond donors (Lipinski definition) is 1. The van der Waals surface area contributed by atoms with E-state index in [4.69, 9.17) is 11.6 Å². The maximum atomic E-state index is 12.0. The Kier molecular flexibility index (Phi) is 3.71. The number of aryl methyl sites for hydroxylation is 2. The lowest BCUT2D eigenvalue weighted by atomic mass is 10.1. The van der Waals surface area contributed by atoms with E-state index >= 15 is 0 Å². The average molecular weight is 278 g/mol. The first-order valence-corrected chi connectivity index (χ1v) is 6.02. The van der Waals surface area contributed by atoms with Gasteiger partial charge in [0.2, 0.25) is 0 Å². The van der Waals surface area contributed by atoms with E-state index in [2.05, 4.69) is 9.73 Å². The van der Waals surface area contributed by atoms with Crippen LogP contribution in [0.3, 0.4) is 0 Å². The highest BCUT2D eigenvalue weighted by atomic mass is 35.5. The number of rotatable bonds is 2. The quantitative estimate of drug-likeness (QED) is 0.917. The molecule has 4 nitrogen and oxygen atoms in total. The van der Waals surface area contributed by atoms with Gasteiger partial charge >= 0.3 is 5.63 Å². The van der Waals surface area contributed by atoms with E-state index in [1.54, 1.807) is 6.07 Å². The summed E-state index contributed by atoms with van der Waals surface area (Å²) < 4.78 is 4.65. The molecule has 0 aliphatic carbocycles. The van der Waals surface area contributed by atoms with E-state index in [-0.39, 0.29) is 11.5 Å². The Hall–Kier alpha value is -2.07. The highest BCUT2D eigenvalue weighted by Gasteiger charge is 2.11. The number of carbonyl (C=O) groups excluding carboxylic acids is 1. The van der Waals surface area contributed by atoms with Crippen molar-refractivity contribution < 1.29 is 9.21 Å². The van der Waals surface area contributed by atoms with Crippen LogP contribution in [-0.4, -0.2) is 5.91 Å². The van der Waals surface area contributed by atoms with Gasteiger partial charge in [0.05, 0.1) is 16.3 Å². The monoisotopic (exact) mass is 277 g/mol. The highest BCUT2D eigenvalue weighted by molar-refractivity contribution is 6.34. The zero-order valence-electron chi connectivity index (χ0n) is 10.5. The minimum Gasteiger partial charge on any atom is -0.430 e. The first kappa shape index (κ1) is 13.4. The van der Waals surface area contributed by atoms with Crippen molar-refractivity contribution in [1.29, 1.82) is 0 Å². The van der Waals surface area contributed by atoms with Gasteiger partial charge in [-0.1, -0.05) is 17.7 Å². The van der Waals surface area contributed by atoms with E-state index in [9.17, 15) is 9.59 Å². The first-order valence-electron chi connectivity index (χ1n) is 5.64. The molecule has 19 heavy (non-hydrogen) atoms. The molecule has 1 aromatic heterocycles. The van der Waals surface area contributed by atoms with Crippen LogP contribution in [-0.2, 0) is 0 Å². The molecule has 0 radical (unpaired) electrons. The number of nitrogens with one attached hydrogen (secondary N) is 1. The third-order valence-electron chi connectivity index (χ3n) is 2.63. The summed E-state index contributed by atoms with van der Waals surface area (Å²) in [7, 11) is 0. The van der Waals surface area contributed by atoms with Crippen LogP contribution in [0.4, 0.5) is 5.69 Å². The normalized spacial score (nSPS) is 10.3. The van der Waals surface area contributed by atoms with Gasteiger partial charge in [0.1, 0.15) is 6.26 Å². The van der Waals surface area contributed by atoms with Crippen molar-refractivity contribution in [2.24, 2.45) is 0 Å². The minimum absolute atomic E-state index is 0.260. The molecule has 2 aromatic rings. The lowest BCUT2D eigenvalue weighted by Gasteiger charge is -2.11. The van der Waals surface area contributed by atoms with E-state index in [0.29, 0.717) is 10.7 Å². The van der Waals surface area contributed by atoms with Crippen molar-refractivity contribution in [3.8, 4) is 0 Å². The van der Waals surface area contributed by atoms with E-state index < -0.39 is 5.63 Å². The van der Waals surface area contributed by atoms with Gasteiger partial charge in [0.15, 0.2) is 0 Å². The smallest absolute Gasteiger partial charge is 0.335 e. The lowest BCUT2D eigenvalue weighted by molar-refractivity contribution is 0.102. The molecule has 0 atom stereocenters. The summed E-state index contributed by atoms with van der Waals surface area (Å²) in [4.78, 5) is 22.8. The Bertz CT molecular complexity index is 648. The lowest BCUT2D eigenvalue weighted by Crippen LogP contribution is -2.14. The summed E-state index contributed by atoms with van der Waals surface area (Å²) in [6.07, 6.45) is 1.12. The Morgan fingerprint density at radius 1 is 1.26 bits per heavy atom. The number of benzene rings is 1. The van der Waals surface area contributed by atoms with Crippen LogP contribution < -0.4 is 10.9 Å². The Labute approximate surface area is 115 Å². The molecule has 0 fully saturated rings. The minimum atomic E-state index is -0.499. The maximum Gasteiger partial charge on any atom is 0.335 e. The molecule has 0 spiro atoms. The maximum absolute atomic E-state index is 12.0. The summed E-state index contributed by atoms with van der Waals surface area (Å²) in [6, 6.07) is 6.29. The van der Waals surface area contributed by atoms with Gasteiger partial charge < -0.3 is 9.73 Å². The highest BCUT2D eigenvalue weighted by Crippen LogP contribution is 2.27. The second kappa shape index (κ2) is 5.28. The average Bonchev–Trinajstić information content (AvgIpc) is 2.34. The van der Waals surface area contributed by atoms with E-state index in [1.165, 1.54) is 12.1 Å². The van der Waals surface area contributed by atoms with Crippen molar-refractivity contribution in [3.05, 3.63) is 62.7 Å². The standard InChI is InChI=1S/C14H12ClNO3/c1-8-5-9(2)13(11(15)6-8)16-14(18)10-3-4-12(17)19-7-10/h3-7H,1-2H3,(H,16,18). The molecule has 0 saturated heterocycles. The number of amides is 1. The van der Waals surface area contributed by atoms with E-state index in [1.807, 2.05) is 19.9 Å². The largest absolute Gasteiger partial charge is 0.430 e. The molecule has 0 saturated carbocycles. The fourth-order valence-corrected chi connectivity index (χ4v) is 2.12. The van der Waals surface area contributed by atoms with Gasteiger partial charge in [-0.25, -0.2) is 4.79 Å². The van der Waals surface area contributed by atoms with Crippen LogP contribution in [0.15, 0.2) is 39.7 Å². The van der Waals surface area contributed by atoms with Crippen molar-refractivity contribution in [3.63, 3.8) is 0 Å². The molecular formula is C14H12ClNO3. The summed E-state index contributed by atoms with van der Waals surface area (Å²) in [5, 5.41) is 3.18. The van der Waals surface area contributed by atoms with Gasteiger partial charge in [-0.15, -0.1) is 0 Å². The van der Waals surface area contributed by atoms with Gasteiger partial charge in [-0.2, -0.15) is 0 Å². The first-order chi connectivity index (χ1) is 8.97. The van der Waals surface area contributed by atoms with Crippen LogP contribution in [0.1, 0.15) is 21.5 Å². The van der Waals surface area contributed by atoms with Crippen molar-refractivity contribution in [2.45, 2.75) is 13.8 Å². The van der Waals surface area contributed by atoms with Crippen molar-refractivity contribution in [2.75, 3.05) is 5.32 Å². The molecule has 0 unspecified atom stereocenters. The zero-order valence-corrected chi connectivity index (χ0v) is 11.2. The Balaban J connectivity index is 2.29. The molecular weight excluding hydrogens is 266 g/mol. The molecule has 1 aromatic carbocycles. The van der Waals surface area contributed by atoms with Crippen molar-refractivity contribution >= 4 is 23.2 Å². The molecule has 1 heterocycles. The van der Waals surface area contributed by atoms with Crippen LogP contribution in [0, 0.1) is 13.8 Å². The summed E-state index contributed by atoms with van der Waals surface area (Å²) in [5.41, 5.74) is 2.21. The third-order valence-corrected chi connectivity index (χ3v) is 2.93. The number of halogens is 1. The molecule has 0 aliphatic rings. The van der Waals surface area contributed by atoms with Gasteiger partial charge in [0.25, 0.3) is 5.91 Å². The van der Waals surface area contributed by atoms with Crippen LogP contribution in [0.25, 0.3) is 0 Å². The fourth-order valence-electron chi connectivity index (χ4n) is 1.75. The SMILES string of the molecule is Cc1cc(C)c(NC(=O)c2ccc(=O)oc2)c(Cl)c1. The number of hydrogen-bond acceptors (Lipinski definition) is 3. The number of anilines is 1. The molecule has 2 rings (SSSR count). The summed E-state index contributed by atoms with van der Waals surface area (Å²) >= 11 is 6.10. The van der Waals surface area contributed by atoms with Crippen LogP contribution in [0.2, 0.25) is 5.02 Å². The second-order valence-electron chi connectivity index (χ2n) is 4.24. The van der Waals surface area contributed by atoms with Crippen LogP contribution in [0.5, 0.6) is 0 Å². The Morgan fingerprint density at radius 3 is 2.58 bits per heavy atom. The molecule has 1 amide bonds. The summed E-state index contributed by atoms with van der Waals surface area (Å²) in [5.74, 6) is -0.377. The second-order valence-corrected chi connectivity index (χ2v) is 4.64.